The van der Waals surface area contributed by atoms with E-state index in [4.69, 9.17) is 0 Å². The van der Waals surface area contributed by atoms with Crippen LogP contribution in [0.2, 0.25) is 0 Å². The van der Waals surface area contributed by atoms with E-state index in [1.165, 1.54) is 6.07 Å². The van der Waals surface area contributed by atoms with E-state index in [1.807, 2.05) is 6.92 Å². The lowest BCUT2D eigenvalue weighted by atomic mass is 9.95. The first-order valence-electron chi connectivity index (χ1n) is 5.31. The first-order chi connectivity index (χ1) is 7.56. The van der Waals surface area contributed by atoms with Gasteiger partial charge in [-0.15, -0.1) is 0 Å². The van der Waals surface area contributed by atoms with Gasteiger partial charge in [-0.05, 0) is 6.42 Å². The summed E-state index contributed by atoms with van der Waals surface area (Å²) in [5, 5.41) is 10.8. The number of carbonyl (C=O) groups excluding carboxylic acids is 1. The Morgan fingerprint density at radius 1 is 1.44 bits per heavy atom. The molecular formula is C12H15NO3. The minimum Gasteiger partial charge on any atom is -0.299 e. The van der Waals surface area contributed by atoms with Gasteiger partial charge in [-0.25, -0.2) is 0 Å². The third-order valence-corrected chi connectivity index (χ3v) is 2.61. The molecule has 0 aliphatic carbocycles. The van der Waals surface area contributed by atoms with Gasteiger partial charge in [0.05, 0.1) is 4.92 Å². The molecule has 4 heteroatoms. The monoisotopic (exact) mass is 221 g/mol. The fraction of sp³-hybridized carbons (Fsp3) is 0.417. The van der Waals surface area contributed by atoms with E-state index in [0.29, 0.717) is 18.4 Å². The maximum atomic E-state index is 11.4. The summed E-state index contributed by atoms with van der Waals surface area (Å²) in [6.45, 7) is 3.61. The van der Waals surface area contributed by atoms with E-state index in [1.54, 1.807) is 25.1 Å². The van der Waals surface area contributed by atoms with Crippen LogP contribution in [0.1, 0.15) is 25.8 Å². The van der Waals surface area contributed by atoms with Crippen molar-refractivity contribution >= 4 is 11.5 Å². The molecular weight excluding hydrogens is 206 g/mol. The highest BCUT2D eigenvalue weighted by Gasteiger charge is 2.18. The van der Waals surface area contributed by atoms with Gasteiger partial charge in [0.2, 0.25) is 0 Å². The predicted octanol–water partition coefficient (Wildman–Crippen LogP) is 2.75. The molecule has 86 valence electrons. The minimum absolute atomic E-state index is 0.0956. The summed E-state index contributed by atoms with van der Waals surface area (Å²) in [5.41, 5.74) is 0.722. The highest BCUT2D eigenvalue weighted by molar-refractivity contribution is 5.80. The number of hydrogen-bond acceptors (Lipinski definition) is 3. The molecule has 0 aliphatic heterocycles. The fourth-order valence-electron chi connectivity index (χ4n) is 1.65. The van der Waals surface area contributed by atoms with Gasteiger partial charge in [0.1, 0.15) is 5.78 Å². The molecule has 0 saturated heterocycles. The van der Waals surface area contributed by atoms with Crippen LogP contribution in [0.25, 0.3) is 0 Å². The van der Waals surface area contributed by atoms with Gasteiger partial charge in [0.25, 0.3) is 5.69 Å². The fourth-order valence-corrected chi connectivity index (χ4v) is 1.65. The normalized spacial score (nSPS) is 12.1. The van der Waals surface area contributed by atoms with Crippen LogP contribution in [0.5, 0.6) is 0 Å². The third kappa shape index (κ3) is 2.89. The maximum absolute atomic E-state index is 11.4. The molecule has 4 nitrogen and oxygen atoms in total. The summed E-state index contributed by atoms with van der Waals surface area (Å²) >= 11 is 0. The Bertz CT molecular complexity index is 401. The average Bonchev–Trinajstić information content (AvgIpc) is 2.28. The van der Waals surface area contributed by atoms with E-state index < -0.39 is 4.92 Å². The minimum atomic E-state index is -0.404. The molecule has 0 amide bonds. The molecule has 1 aromatic carbocycles. The molecule has 0 aromatic heterocycles. The molecule has 0 aliphatic rings. The van der Waals surface area contributed by atoms with Crippen LogP contribution in [0.4, 0.5) is 5.69 Å². The molecule has 1 atom stereocenters. The summed E-state index contributed by atoms with van der Waals surface area (Å²) in [6.07, 6.45) is 0.908. The van der Waals surface area contributed by atoms with E-state index >= 15 is 0 Å². The van der Waals surface area contributed by atoms with Gasteiger partial charge in [-0.3, -0.25) is 14.9 Å². The van der Waals surface area contributed by atoms with Gasteiger partial charge in [0, 0.05) is 24.0 Å². The van der Waals surface area contributed by atoms with Crippen molar-refractivity contribution in [3.8, 4) is 0 Å². The van der Waals surface area contributed by atoms with Crippen molar-refractivity contribution in [2.75, 3.05) is 0 Å². The molecule has 0 spiro atoms. The van der Waals surface area contributed by atoms with Crippen molar-refractivity contribution in [2.45, 2.75) is 26.7 Å². The Morgan fingerprint density at radius 2 is 2.06 bits per heavy atom. The summed E-state index contributed by atoms with van der Waals surface area (Å²) in [7, 11) is 0. The van der Waals surface area contributed by atoms with Gasteiger partial charge < -0.3 is 0 Å². The highest BCUT2D eigenvalue weighted by Crippen LogP contribution is 2.21. The molecule has 0 saturated carbocycles. The van der Waals surface area contributed by atoms with Crippen LogP contribution in [0.3, 0.4) is 0 Å². The molecule has 1 unspecified atom stereocenters. The average molecular weight is 221 g/mol. The predicted molar refractivity (Wildman–Crippen MR) is 61.3 cm³/mol. The van der Waals surface area contributed by atoms with E-state index in [2.05, 4.69) is 0 Å². The van der Waals surface area contributed by atoms with Crippen LogP contribution in [0, 0.1) is 16.0 Å². The number of rotatable bonds is 5. The number of nitrogens with zero attached hydrogens (tertiary/aromatic N) is 1. The number of hydrogen-bond donors (Lipinski definition) is 0. The molecule has 16 heavy (non-hydrogen) atoms. The Kier molecular flexibility index (Phi) is 4.17. The van der Waals surface area contributed by atoms with Crippen LogP contribution in [-0.2, 0) is 11.2 Å². The first-order valence-corrected chi connectivity index (χ1v) is 5.31. The van der Waals surface area contributed by atoms with Crippen LogP contribution in [-0.4, -0.2) is 10.7 Å². The molecule has 0 radical (unpaired) electrons. The Balaban J connectivity index is 2.88. The van der Waals surface area contributed by atoms with Crippen molar-refractivity contribution in [3.05, 3.63) is 39.9 Å². The summed E-state index contributed by atoms with van der Waals surface area (Å²) in [6, 6.07) is 6.56. The number of carbonyl (C=O) groups is 1. The lowest BCUT2D eigenvalue weighted by molar-refractivity contribution is -0.385. The Labute approximate surface area is 94.4 Å². The zero-order valence-electron chi connectivity index (χ0n) is 9.47. The molecule has 0 bridgehead atoms. The zero-order valence-corrected chi connectivity index (χ0v) is 9.47. The molecule has 0 heterocycles. The standard InChI is InChI=1S/C12H15NO3/c1-3-12(14)9(2)8-10-6-4-5-7-11(10)13(15)16/h4-7,9H,3,8H2,1-2H3. The number of nitro benzene ring substituents is 1. The van der Waals surface area contributed by atoms with Gasteiger partial charge in [-0.1, -0.05) is 32.0 Å². The lowest BCUT2D eigenvalue weighted by Crippen LogP contribution is -2.13. The van der Waals surface area contributed by atoms with E-state index in [-0.39, 0.29) is 17.4 Å². The second-order valence-electron chi connectivity index (χ2n) is 3.81. The SMILES string of the molecule is CCC(=O)C(C)Cc1ccccc1[N+](=O)[O-]. The number of ketones is 1. The van der Waals surface area contributed by atoms with Crippen LogP contribution >= 0.6 is 0 Å². The van der Waals surface area contributed by atoms with Crippen molar-refractivity contribution in [1.29, 1.82) is 0 Å². The number of para-hydroxylation sites is 1. The van der Waals surface area contributed by atoms with Crippen molar-refractivity contribution in [2.24, 2.45) is 5.92 Å². The van der Waals surface area contributed by atoms with Crippen LogP contribution in [0.15, 0.2) is 24.3 Å². The largest absolute Gasteiger partial charge is 0.299 e. The zero-order chi connectivity index (χ0) is 12.1. The van der Waals surface area contributed by atoms with Gasteiger partial charge >= 0.3 is 0 Å². The molecule has 1 aromatic rings. The number of nitro groups is 1. The van der Waals surface area contributed by atoms with Crippen LogP contribution < -0.4 is 0 Å². The quantitative estimate of drug-likeness (QED) is 0.567. The molecule has 0 N–H and O–H groups in total. The maximum Gasteiger partial charge on any atom is 0.272 e. The first kappa shape index (κ1) is 12.4. The number of benzene rings is 1. The summed E-state index contributed by atoms with van der Waals surface area (Å²) in [5.74, 6) is -0.0238. The van der Waals surface area contributed by atoms with Gasteiger partial charge in [0.15, 0.2) is 0 Å². The summed E-state index contributed by atoms with van der Waals surface area (Å²) in [4.78, 5) is 21.8. The second-order valence-corrected chi connectivity index (χ2v) is 3.81. The topological polar surface area (TPSA) is 60.2 Å². The van der Waals surface area contributed by atoms with Crippen molar-refractivity contribution in [3.63, 3.8) is 0 Å². The number of Topliss-reactive ketones (excluding diaryl/α,β-unsaturated/α-hetero) is 1. The Morgan fingerprint density at radius 3 is 2.62 bits per heavy atom. The smallest absolute Gasteiger partial charge is 0.272 e. The van der Waals surface area contributed by atoms with E-state index in [9.17, 15) is 14.9 Å². The van der Waals surface area contributed by atoms with Crippen molar-refractivity contribution in [1.82, 2.24) is 0 Å². The third-order valence-electron chi connectivity index (χ3n) is 2.61. The highest BCUT2D eigenvalue weighted by atomic mass is 16.6. The second kappa shape index (κ2) is 5.39. The lowest BCUT2D eigenvalue weighted by Gasteiger charge is -2.09. The molecule has 0 fully saturated rings. The van der Waals surface area contributed by atoms with Gasteiger partial charge in [-0.2, -0.15) is 0 Å². The Hall–Kier alpha value is -1.71. The van der Waals surface area contributed by atoms with Crippen molar-refractivity contribution < 1.29 is 9.72 Å². The summed E-state index contributed by atoms with van der Waals surface area (Å²) < 4.78 is 0. The van der Waals surface area contributed by atoms with E-state index in [0.717, 1.165) is 0 Å². The molecule has 1 rings (SSSR count).